The van der Waals surface area contributed by atoms with Crippen molar-refractivity contribution >= 4 is 0 Å². The molecule has 0 saturated heterocycles. The van der Waals surface area contributed by atoms with E-state index in [1.807, 2.05) is 0 Å². The van der Waals surface area contributed by atoms with Crippen LogP contribution in [-0.2, 0) is 0 Å². The van der Waals surface area contributed by atoms with Gasteiger partial charge in [-0.2, -0.15) is 0 Å². The maximum Gasteiger partial charge on any atom is 0.0107 e. The second kappa shape index (κ2) is 5.29. The van der Waals surface area contributed by atoms with Crippen LogP contribution in [-0.4, -0.2) is 12.6 Å². The molecule has 3 atom stereocenters. The standard InChI is InChI=1S/C12H21N/c1-4-6-7-12(13-8-5-2)11-9-10(11)3/h1,10-13H,5-9H2,2-3H3. The molecule has 0 spiro atoms. The van der Waals surface area contributed by atoms with Crippen LogP contribution in [0.2, 0.25) is 0 Å². The van der Waals surface area contributed by atoms with Crippen molar-refractivity contribution in [1.29, 1.82) is 0 Å². The zero-order valence-corrected chi connectivity index (χ0v) is 8.84. The molecule has 0 aliphatic heterocycles. The third-order valence-electron chi connectivity index (χ3n) is 2.94. The average molecular weight is 179 g/mol. The predicted octanol–water partition coefficient (Wildman–Crippen LogP) is 2.42. The van der Waals surface area contributed by atoms with Crippen LogP contribution in [0, 0.1) is 24.2 Å². The summed E-state index contributed by atoms with van der Waals surface area (Å²) in [4.78, 5) is 0. The van der Waals surface area contributed by atoms with Crippen LogP contribution < -0.4 is 5.32 Å². The molecule has 74 valence electrons. The molecule has 1 nitrogen and oxygen atoms in total. The molecule has 3 unspecified atom stereocenters. The van der Waals surface area contributed by atoms with Crippen LogP contribution in [0.4, 0.5) is 0 Å². The highest BCUT2D eigenvalue weighted by Gasteiger charge is 2.38. The Morgan fingerprint density at radius 2 is 2.31 bits per heavy atom. The second-order valence-electron chi connectivity index (χ2n) is 4.18. The Kier molecular flexibility index (Phi) is 4.32. The molecule has 1 fully saturated rings. The lowest BCUT2D eigenvalue weighted by Gasteiger charge is -2.16. The highest BCUT2D eigenvalue weighted by atomic mass is 14.9. The van der Waals surface area contributed by atoms with Crippen molar-refractivity contribution in [2.24, 2.45) is 11.8 Å². The zero-order chi connectivity index (χ0) is 9.68. The van der Waals surface area contributed by atoms with Crippen LogP contribution in [0.1, 0.15) is 39.5 Å². The van der Waals surface area contributed by atoms with Gasteiger partial charge in [-0.15, -0.1) is 12.3 Å². The van der Waals surface area contributed by atoms with E-state index in [0.717, 1.165) is 31.2 Å². The summed E-state index contributed by atoms with van der Waals surface area (Å²) in [6.45, 7) is 5.68. The number of nitrogens with one attached hydrogen (secondary N) is 1. The minimum atomic E-state index is 0.686. The van der Waals surface area contributed by atoms with Crippen LogP contribution in [0.25, 0.3) is 0 Å². The maximum absolute atomic E-state index is 5.28. The first-order chi connectivity index (χ1) is 6.29. The smallest absolute Gasteiger partial charge is 0.0107 e. The highest BCUT2D eigenvalue weighted by molar-refractivity contribution is 4.95. The van der Waals surface area contributed by atoms with Crippen LogP contribution in [0.15, 0.2) is 0 Å². The third-order valence-corrected chi connectivity index (χ3v) is 2.94. The molecule has 1 aliphatic carbocycles. The Labute approximate surface area is 82.3 Å². The van der Waals surface area contributed by atoms with Gasteiger partial charge in [0, 0.05) is 12.5 Å². The summed E-state index contributed by atoms with van der Waals surface area (Å²) < 4.78 is 0. The number of hydrogen-bond acceptors (Lipinski definition) is 1. The summed E-state index contributed by atoms with van der Waals surface area (Å²) >= 11 is 0. The van der Waals surface area contributed by atoms with Gasteiger partial charge in [0.1, 0.15) is 0 Å². The number of rotatable bonds is 6. The normalized spacial score (nSPS) is 28.1. The van der Waals surface area contributed by atoms with Crippen molar-refractivity contribution in [2.45, 2.75) is 45.6 Å². The quantitative estimate of drug-likeness (QED) is 0.617. The van der Waals surface area contributed by atoms with Crippen LogP contribution in [0.5, 0.6) is 0 Å². The molecule has 1 N–H and O–H groups in total. The monoisotopic (exact) mass is 179 g/mol. The van der Waals surface area contributed by atoms with Crippen molar-refractivity contribution in [1.82, 2.24) is 5.32 Å². The van der Waals surface area contributed by atoms with E-state index in [2.05, 4.69) is 25.1 Å². The van der Waals surface area contributed by atoms with Gasteiger partial charge in [-0.1, -0.05) is 13.8 Å². The first-order valence-corrected chi connectivity index (χ1v) is 5.46. The molecule has 0 amide bonds. The molecular formula is C12H21N. The molecule has 1 heteroatoms. The van der Waals surface area contributed by atoms with Crippen LogP contribution in [0.3, 0.4) is 0 Å². The molecule has 0 aromatic rings. The van der Waals surface area contributed by atoms with E-state index in [4.69, 9.17) is 6.42 Å². The predicted molar refractivity (Wildman–Crippen MR) is 57.4 cm³/mol. The molecule has 0 aromatic heterocycles. The van der Waals surface area contributed by atoms with Gasteiger partial charge >= 0.3 is 0 Å². The van der Waals surface area contributed by atoms with Gasteiger partial charge in [0.15, 0.2) is 0 Å². The molecule has 0 heterocycles. The molecule has 0 aromatic carbocycles. The molecular weight excluding hydrogens is 158 g/mol. The third kappa shape index (κ3) is 3.40. The van der Waals surface area contributed by atoms with E-state index < -0.39 is 0 Å². The fourth-order valence-electron chi connectivity index (χ4n) is 1.95. The molecule has 0 bridgehead atoms. The lowest BCUT2D eigenvalue weighted by atomic mass is 10.1. The molecule has 13 heavy (non-hydrogen) atoms. The Bertz CT molecular complexity index is 180. The minimum absolute atomic E-state index is 0.686. The Morgan fingerprint density at radius 1 is 1.62 bits per heavy atom. The Morgan fingerprint density at radius 3 is 2.77 bits per heavy atom. The van der Waals surface area contributed by atoms with Gasteiger partial charge < -0.3 is 5.32 Å². The van der Waals surface area contributed by atoms with Crippen LogP contribution >= 0.6 is 0 Å². The first kappa shape index (κ1) is 10.6. The van der Waals surface area contributed by atoms with Gasteiger partial charge in [0.25, 0.3) is 0 Å². The summed E-state index contributed by atoms with van der Waals surface area (Å²) in [5, 5.41) is 3.60. The molecule has 1 rings (SSSR count). The molecule has 1 aliphatic rings. The number of hydrogen-bond donors (Lipinski definition) is 1. The fourth-order valence-corrected chi connectivity index (χ4v) is 1.95. The number of terminal acetylenes is 1. The first-order valence-electron chi connectivity index (χ1n) is 5.46. The fraction of sp³-hybridized carbons (Fsp3) is 0.833. The minimum Gasteiger partial charge on any atom is -0.314 e. The second-order valence-corrected chi connectivity index (χ2v) is 4.18. The van der Waals surface area contributed by atoms with Gasteiger partial charge in [-0.3, -0.25) is 0 Å². The van der Waals surface area contributed by atoms with E-state index in [-0.39, 0.29) is 0 Å². The average Bonchev–Trinajstić information content (AvgIpc) is 2.83. The van der Waals surface area contributed by atoms with Crippen molar-refractivity contribution in [3.05, 3.63) is 0 Å². The topological polar surface area (TPSA) is 12.0 Å². The maximum atomic E-state index is 5.28. The molecule has 1 saturated carbocycles. The van der Waals surface area contributed by atoms with E-state index >= 15 is 0 Å². The van der Waals surface area contributed by atoms with Gasteiger partial charge in [0.05, 0.1) is 0 Å². The van der Waals surface area contributed by atoms with E-state index in [1.54, 1.807) is 0 Å². The lowest BCUT2D eigenvalue weighted by Crippen LogP contribution is -2.32. The van der Waals surface area contributed by atoms with Gasteiger partial charge in [-0.25, -0.2) is 0 Å². The van der Waals surface area contributed by atoms with Gasteiger partial charge in [-0.05, 0) is 37.6 Å². The van der Waals surface area contributed by atoms with Crippen molar-refractivity contribution in [2.75, 3.05) is 6.54 Å². The zero-order valence-electron chi connectivity index (χ0n) is 8.84. The Balaban J connectivity index is 2.23. The van der Waals surface area contributed by atoms with Crippen molar-refractivity contribution in [3.63, 3.8) is 0 Å². The SMILES string of the molecule is C#CCCC(NCCC)C1CC1C. The molecule has 0 radical (unpaired) electrons. The van der Waals surface area contributed by atoms with E-state index in [0.29, 0.717) is 6.04 Å². The highest BCUT2D eigenvalue weighted by Crippen LogP contribution is 2.41. The Hall–Kier alpha value is -0.480. The lowest BCUT2D eigenvalue weighted by molar-refractivity contribution is 0.425. The summed E-state index contributed by atoms with van der Waals surface area (Å²) in [7, 11) is 0. The summed E-state index contributed by atoms with van der Waals surface area (Å²) in [5.41, 5.74) is 0. The summed E-state index contributed by atoms with van der Waals surface area (Å²) in [5.74, 6) is 4.56. The summed E-state index contributed by atoms with van der Waals surface area (Å²) in [6.07, 6.45) is 9.97. The van der Waals surface area contributed by atoms with Gasteiger partial charge in [0.2, 0.25) is 0 Å². The van der Waals surface area contributed by atoms with Crippen molar-refractivity contribution < 1.29 is 0 Å². The summed E-state index contributed by atoms with van der Waals surface area (Å²) in [6, 6.07) is 0.686. The largest absolute Gasteiger partial charge is 0.314 e. The van der Waals surface area contributed by atoms with E-state index in [9.17, 15) is 0 Å². The van der Waals surface area contributed by atoms with Crippen molar-refractivity contribution in [3.8, 4) is 12.3 Å². The van der Waals surface area contributed by atoms with E-state index in [1.165, 1.54) is 12.8 Å².